The zero-order valence-corrected chi connectivity index (χ0v) is 22.1. The zero-order chi connectivity index (χ0) is 25.5. The second kappa shape index (κ2) is 12.0. The minimum atomic E-state index is -0.361. The Morgan fingerprint density at radius 2 is 1.58 bits per heavy atom. The summed E-state index contributed by atoms with van der Waals surface area (Å²) in [5.41, 5.74) is 4.03. The molecule has 0 saturated heterocycles. The van der Waals surface area contributed by atoms with Gasteiger partial charge in [-0.25, -0.2) is 0 Å². The summed E-state index contributed by atoms with van der Waals surface area (Å²) in [7, 11) is 4.12. The Morgan fingerprint density at radius 1 is 0.944 bits per heavy atom. The van der Waals surface area contributed by atoms with Crippen molar-refractivity contribution in [3.63, 3.8) is 0 Å². The van der Waals surface area contributed by atoms with Crippen LogP contribution in [-0.2, 0) is 11.3 Å². The molecule has 3 aromatic carbocycles. The number of nitrogens with zero attached hydrogens (tertiary/aromatic N) is 4. The van der Waals surface area contributed by atoms with E-state index in [1.54, 1.807) is 0 Å². The van der Waals surface area contributed by atoms with Gasteiger partial charge in [0.05, 0.1) is 17.8 Å². The molecule has 0 unspecified atom stereocenters. The Morgan fingerprint density at radius 3 is 2.25 bits per heavy atom. The van der Waals surface area contributed by atoms with Crippen molar-refractivity contribution in [2.45, 2.75) is 43.3 Å². The van der Waals surface area contributed by atoms with Gasteiger partial charge < -0.3 is 9.88 Å². The highest BCUT2D eigenvalue weighted by molar-refractivity contribution is 8.00. The topological polar surface area (TPSA) is 63.1 Å². The van der Waals surface area contributed by atoms with Crippen molar-refractivity contribution in [3.05, 3.63) is 96.3 Å². The summed E-state index contributed by atoms with van der Waals surface area (Å²) in [6.07, 6.45) is 0.914. The highest BCUT2D eigenvalue weighted by Gasteiger charge is 2.25. The molecule has 1 N–H and O–H groups in total. The van der Waals surface area contributed by atoms with Gasteiger partial charge in [-0.3, -0.25) is 9.69 Å². The largest absolute Gasteiger partial charge is 0.325 e. The van der Waals surface area contributed by atoms with Crippen LogP contribution >= 0.6 is 11.8 Å². The monoisotopic (exact) mass is 499 g/mol. The summed E-state index contributed by atoms with van der Waals surface area (Å²) < 4.78 is 2.15. The summed E-state index contributed by atoms with van der Waals surface area (Å²) in [6.45, 7) is 4.72. The molecule has 4 aromatic rings. The molecule has 4 rings (SSSR count). The predicted octanol–water partition coefficient (Wildman–Crippen LogP) is 6.13. The number of amides is 1. The number of hydrogen-bond donors (Lipinski definition) is 1. The standard InChI is InChI=1S/C29H33N5OS/c1-5-26(33(3)4)27-31-32-29(34(27)20-22-14-8-6-9-15-22)36-21(2)28(35)30-25-19-13-12-18-24(25)23-16-10-7-11-17-23/h6-19,21,26H,5,20H2,1-4H3,(H,30,35)/t21-,26+/m1/s1. The number of anilines is 1. The lowest BCUT2D eigenvalue weighted by molar-refractivity contribution is -0.115. The second-order valence-electron chi connectivity index (χ2n) is 8.96. The van der Waals surface area contributed by atoms with Crippen LogP contribution in [0.3, 0.4) is 0 Å². The Balaban J connectivity index is 1.57. The van der Waals surface area contributed by atoms with Gasteiger partial charge in [0.2, 0.25) is 5.91 Å². The Kier molecular flexibility index (Phi) is 8.57. The molecular weight excluding hydrogens is 466 g/mol. The number of carbonyl (C=O) groups excluding carboxylic acids is 1. The summed E-state index contributed by atoms with van der Waals surface area (Å²) in [5.74, 6) is 0.842. The number of aromatic nitrogens is 3. The molecule has 1 amide bonds. The van der Waals surface area contributed by atoms with Gasteiger partial charge in [0.15, 0.2) is 11.0 Å². The molecule has 0 radical (unpaired) electrons. The molecule has 0 aliphatic rings. The second-order valence-corrected chi connectivity index (χ2v) is 10.3. The zero-order valence-electron chi connectivity index (χ0n) is 21.3. The van der Waals surface area contributed by atoms with E-state index in [4.69, 9.17) is 0 Å². The number of benzene rings is 3. The summed E-state index contributed by atoms with van der Waals surface area (Å²) in [6, 6.07) is 28.4. The molecule has 1 heterocycles. The number of carbonyl (C=O) groups is 1. The van der Waals surface area contributed by atoms with E-state index in [0.717, 1.165) is 34.2 Å². The van der Waals surface area contributed by atoms with E-state index in [1.165, 1.54) is 17.3 Å². The maximum atomic E-state index is 13.3. The third-order valence-electron chi connectivity index (χ3n) is 6.16. The molecule has 186 valence electrons. The van der Waals surface area contributed by atoms with Crippen LogP contribution in [0.25, 0.3) is 11.1 Å². The number of nitrogens with one attached hydrogen (secondary N) is 1. The van der Waals surface area contributed by atoms with E-state index >= 15 is 0 Å². The maximum absolute atomic E-state index is 13.3. The lowest BCUT2D eigenvalue weighted by Crippen LogP contribution is -2.25. The van der Waals surface area contributed by atoms with Crippen LogP contribution in [0.4, 0.5) is 5.69 Å². The fourth-order valence-corrected chi connectivity index (χ4v) is 5.09. The van der Waals surface area contributed by atoms with Gasteiger partial charge in [-0.05, 0) is 44.6 Å². The highest BCUT2D eigenvalue weighted by atomic mass is 32.2. The average Bonchev–Trinajstić information content (AvgIpc) is 3.27. The molecule has 0 bridgehead atoms. The SMILES string of the molecule is CC[C@@H](c1nnc(S[C@H](C)C(=O)Nc2ccccc2-c2ccccc2)n1Cc1ccccc1)N(C)C. The van der Waals surface area contributed by atoms with Crippen LogP contribution in [-0.4, -0.2) is 44.9 Å². The summed E-state index contributed by atoms with van der Waals surface area (Å²) >= 11 is 1.44. The van der Waals surface area contributed by atoms with Crippen molar-refractivity contribution in [2.24, 2.45) is 0 Å². The molecule has 0 aliphatic carbocycles. The molecule has 0 fully saturated rings. The van der Waals surface area contributed by atoms with Crippen molar-refractivity contribution < 1.29 is 4.79 Å². The minimum absolute atomic E-state index is 0.0705. The first-order valence-electron chi connectivity index (χ1n) is 12.2. The van der Waals surface area contributed by atoms with E-state index in [9.17, 15) is 4.79 Å². The Bertz CT molecular complexity index is 1270. The smallest absolute Gasteiger partial charge is 0.237 e. The first-order valence-corrected chi connectivity index (χ1v) is 13.1. The van der Waals surface area contributed by atoms with Crippen LogP contribution < -0.4 is 5.32 Å². The molecular formula is C29H33N5OS. The van der Waals surface area contributed by atoms with Crippen LogP contribution in [0, 0.1) is 0 Å². The minimum Gasteiger partial charge on any atom is -0.325 e. The van der Waals surface area contributed by atoms with Crippen LogP contribution in [0.1, 0.15) is 37.7 Å². The van der Waals surface area contributed by atoms with Gasteiger partial charge in [0.25, 0.3) is 0 Å². The molecule has 0 saturated carbocycles. The molecule has 1 aromatic heterocycles. The van der Waals surface area contributed by atoms with Gasteiger partial charge in [-0.15, -0.1) is 10.2 Å². The summed E-state index contributed by atoms with van der Waals surface area (Å²) in [5, 5.41) is 12.6. The van der Waals surface area contributed by atoms with Crippen LogP contribution in [0.2, 0.25) is 0 Å². The number of para-hydroxylation sites is 1. The van der Waals surface area contributed by atoms with Gasteiger partial charge >= 0.3 is 0 Å². The molecule has 0 aliphatic heterocycles. The van der Waals surface area contributed by atoms with E-state index in [0.29, 0.717) is 6.54 Å². The third-order valence-corrected chi connectivity index (χ3v) is 7.24. The van der Waals surface area contributed by atoms with Crippen molar-refractivity contribution >= 4 is 23.4 Å². The normalized spacial score (nSPS) is 12.9. The lowest BCUT2D eigenvalue weighted by Gasteiger charge is -2.23. The van der Waals surface area contributed by atoms with Gasteiger partial charge in [0, 0.05) is 11.3 Å². The van der Waals surface area contributed by atoms with E-state index in [2.05, 4.69) is 58.1 Å². The third kappa shape index (κ3) is 6.04. The van der Waals surface area contributed by atoms with E-state index in [1.807, 2.05) is 79.7 Å². The molecule has 2 atom stereocenters. The number of thioether (sulfide) groups is 1. The predicted molar refractivity (Wildman–Crippen MR) is 148 cm³/mol. The van der Waals surface area contributed by atoms with Gasteiger partial charge in [-0.2, -0.15) is 0 Å². The quantitative estimate of drug-likeness (QED) is 0.266. The fraction of sp³-hybridized carbons (Fsp3) is 0.276. The number of hydrogen-bond acceptors (Lipinski definition) is 5. The Hall–Kier alpha value is -3.42. The van der Waals surface area contributed by atoms with Gasteiger partial charge in [0.1, 0.15) is 0 Å². The highest BCUT2D eigenvalue weighted by Crippen LogP contribution is 2.31. The van der Waals surface area contributed by atoms with E-state index in [-0.39, 0.29) is 17.2 Å². The average molecular weight is 500 g/mol. The van der Waals surface area contributed by atoms with Crippen molar-refractivity contribution in [1.29, 1.82) is 0 Å². The van der Waals surface area contributed by atoms with Crippen molar-refractivity contribution in [2.75, 3.05) is 19.4 Å². The number of rotatable bonds is 10. The molecule has 7 heteroatoms. The fourth-order valence-electron chi connectivity index (χ4n) is 4.23. The first-order chi connectivity index (χ1) is 17.5. The van der Waals surface area contributed by atoms with Crippen molar-refractivity contribution in [3.8, 4) is 11.1 Å². The van der Waals surface area contributed by atoms with Crippen LogP contribution in [0.5, 0.6) is 0 Å². The molecule has 6 nitrogen and oxygen atoms in total. The first kappa shape index (κ1) is 25.7. The van der Waals surface area contributed by atoms with Gasteiger partial charge in [-0.1, -0.05) is 97.5 Å². The van der Waals surface area contributed by atoms with E-state index < -0.39 is 0 Å². The molecule has 36 heavy (non-hydrogen) atoms. The lowest BCUT2D eigenvalue weighted by atomic mass is 10.0. The molecule has 0 spiro atoms. The maximum Gasteiger partial charge on any atom is 0.237 e. The Labute approximate surface area is 217 Å². The van der Waals surface area contributed by atoms with Crippen molar-refractivity contribution in [1.82, 2.24) is 19.7 Å². The van der Waals surface area contributed by atoms with Crippen LogP contribution in [0.15, 0.2) is 90.1 Å². The summed E-state index contributed by atoms with van der Waals surface area (Å²) in [4.78, 5) is 15.4.